The standard InChI is InChI=1S/C27H24ClN3O4S/c1-31(2)24-11-5-8-21-20(24)7-6-12-26(21)36(34,35)30-19-15-13-18(14-16-19)25(32)17-27(33)29-23-10-4-3-9-22(23)28/h3-16,30H,17H2,1-2H3,(H,29,33). The number of rotatable bonds is 8. The van der Waals surface area contributed by atoms with Crippen LogP contribution in [0.15, 0.2) is 89.8 Å². The van der Waals surface area contributed by atoms with E-state index in [1.807, 2.05) is 37.2 Å². The fourth-order valence-electron chi connectivity index (χ4n) is 3.83. The molecule has 0 spiro atoms. The summed E-state index contributed by atoms with van der Waals surface area (Å²) >= 11 is 6.03. The van der Waals surface area contributed by atoms with Crippen molar-refractivity contribution in [1.82, 2.24) is 0 Å². The number of Topliss-reactive ketones (excluding diaryl/α,β-unsaturated/α-hetero) is 1. The van der Waals surface area contributed by atoms with E-state index in [1.54, 1.807) is 42.5 Å². The second-order valence-corrected chi connectivity index (χ2v) is 10.4. The molecular formula is C27H24ClN3O4S. The first-order valence-electron chi connectivity index (χ1n) is 11.1. The number of fused-ring (bicyclic) bond motifs is 1. The number of ketones is 1. The first-order valence-corrected chi connectivity index (χ1v) is 12.9. The molecule has 184 valence electrons. The maximum Gasteiger partial charge on any atom is 0.262 e. The summed E-state index contributed by atoms with van der Waals surface area (Å²) in [7, 11) is -0.103. The van der Waals surface area contributed by atoms with Crippen LogP contribution < -0.4 is 14.9 Å². The Balaban J connectivity index is 1.49. The van der Waals surface area contributed by atoms with Crippen molar-refractivity contribution in [3.05, 3.63) is 95.5 Å². The van der Waals surface area contributed by atoms with Gasteiger partial charge in [0.2, 0.25) is 5.91 Å². The number of carbonyl (C=O) groups excluding carboxylic acids is 2. The molecule has 0 aromatic heterocycles. The number of carbonyl (C=O) groups is 2. The predicted octanol–water partition coefficient (Wildman–Crippen LogP) is 5.57. The van der Waals surface area contributed by atoms with Crippen LogP contribution in [0.2, 0.25) is 5.02 Å². The number of benzene rings is 4. The van der Waals surface area contributed by atoms with Crippen LogP contribution in [-0.2, 0) is 14.8 Å². The van der Waals surface area contributed by atoms with Crippen molar-refractivity contribution in [2.75, 3.05) is 29.0 Å². The summed E-state index contributed by atoms with van der Waals surface area (Å²) in [6, 6.07) is 23.4. The molecule has 0 radical (unpaired) electrons. The molecule has 0 aliphatic carbocycles. The molecule has 0 saturated heterocycles. The summed E-state index contributed by atoms with van der Waals surface area (Å²) in [6.07, 6.45) is -0.374. The van der Waals surface area contributed by atoms with Crippen LogP contribution in [-0.4, -0.2) is 34.2 Å². The van der Waals surface area contributed by atoms with Gasteiger partial charge in [-0.15, -0.1) is 0 Å². The van der Waals surface area contributed by atoms with Gasteiger partial charge in [-0.2, -0.15) is 0 Å². The largest absolute Gasteiger partial charge is 0.377 e. The van der Waals surface area contributed by atoms with Crippen LogP contribution in [0.3, 0.4) is 0 Å². The lowest BCUT2D eigenvalue weighted by molar-refractivity contribution is -0.115. The third kappa shape index (κ3) is 5.50. The number of para-hydroxylation sites is 1. The van der Waals surface area contributed by atoms with E-state index in [9.17, 15) is 18.0 Å². The van der Waals surface area contributed by atoms with E-state index < -0.39 is 21.7 Å². The Morgan fingerprint density at radius 1 is 0.833 bits per heavy atom. The van der Waals surface area contributed by atoms with E-state index in [0.29, 0.717) is 21.8 Å². The average Bonchev–Trinajstić information content (AvgIpc) is 2.84. The predicted molar refractivity (Wildman–Crippen MR) is 145 cm³/mol. The smallest absolute Gasteiger partial charge is 0.262 e. The van der Waals surface area contributed by atoms with Crippen LogP contribution in [0, 0.1) is 0 Å². The van der Waals surface area contributed by atoms with E-state index in [1.165, 1.54) is 24.3 Å². The highest BCUT2D eigenvalue weighted by molar-refractivity contribution is 7.93. The molecule has 0 bridgehead atoms. The number of sulfonamides is 1. The molecule has 36 heavy (non-hydrogen) atoms. The van der Waals surface area contributed by atoms with E-state index >= 15 is 0 Å². The lowest BCUT2D eigenvalue weighted by Crippen LogP contribution is -2.17. The monoisotopic (exact) mass is 521 g/mol. The highest BCUT2D eigenvalue weighted by Crippen LogP contribution is 2.31. The van der Waals surface area contributed by atoms with E-state index in [4.69, 9.17) is 11.6 Å². The molecule has 0 aliphatic rings. The van der Waals surface area contributed by atoms with Crippen LogP contribution in [0.1, 0.15) is 16.8 Å². The molecule has 4 rings (SSSR count). The van der Waals surface area contributed by atoms with Gasteiger partial charge < -0.3 is 10.2 Å². The second-order valence-electron chi connectivity index (χ2n) is 8.33. The Hall–Kier alpha value is -3.88. The van der Waals surface area contributed by atoms with Crippen molar-refractivity contribution in [2.24, 2.45) is 0 Å². The van der Waals surface area contributed by atoms with E-state index in [0.717, 1.165) is 11.1 Å². The van der Waals surface area contributed by atoms with E-state index in [2.05, 4.69) is 10.0 Å². The van der Waals surface area contributed by atoms with Gasteiger partial charge in [0.15, 0.2) is 5.78 Å². The highest BCUT2D eigenvalue weighted by Gasteiger charge is 2.19. The number of nitrogens with one attached hydrogen (secondary N) is 2. The van der Waals surface area contributed by atoms with Crippen molar-refractivity contribution in [3.63, 3.8) is 0 Å². The molecule has 2 N–H and O–H groups in total. The topological polar surface area (TPSA) is 95.6 Å². The van der Waals surface area contributed by atoms with Gasteiger partial charge in [0.05, 0.1) is 22.0 Å². The van der Waals surface area contributed by atoms with Crippen molar-refractivity contribution in [3.8, 4) is 0 Å². The van der Waals surface area contributed by atoms with Crippen molar-refractivity contribution in [1.29, 1.82) is 0 Å². The lowest BCUT2D eigenvalue weighted by Gasteiger charge is -2.17. The van der Waals surface area contributed by atoms with Crippen molar-refractivity contribution in [2.45, 2.75) is 11.3 Å². The van der Waals surface area contributed by atoms with Gasteiger partial charge in [0, 0.05) is 41.8 Å². The fourth-order valence-corrected chi connectivity index (χ4v) is 5.29. The normalized spacial score (nSPS) is 11.2. The summed E-state index contributed by atoms with van der Waals surface area (Å²) in [4.78, 5) is 26.9. The Morgan fingerprint density at radius 3 is 2.19 bits per heavy atom. The minimum Gasteiger partial charge on any atom is -0.377 e. The van der Waals surface area contributed by atoms with Crippen LogP contribution >= 0.6 is 11.6 Å². The maximum atomic E-state index is 13.2. The lowest BCUT2D eigenvalue weighted by atomic mass is 10.1. The van der Waals surface area contributed by atoms with Gasteiger partial charge >= 0.3 is 0 Å². The van der Waals surface area contributed by atoms with Gasteiger partial charge in [-0.3, -0.25) is 14.3 Å². The van der Waals surface area contributed by atoms with Gasteiger partial charge in [-0.05, 0) is 48.5 Å². The number of hydrogen-bond acceptors (Lipinski definition) is 5. The Labute approximate surface area is 214 Å². The van der Waals surface area contributed by atoms with Gasteiger partial charge in [0.1, 0.15) is 0 Å². The maximum absolute atomic E-state index is 13.2. The van der Waals surface area contributed by atoms with Gasteiger partial charge in [-0.1, -0.05) is 48.0 Å². The quantitative estimate of drug-likeness (QED) is 0.233. The molecule has 4 aromatic rings. The highest BCUT2D eigenvalue weighted by atomic mass is 35.5. The van der Waals surface area contributed by atoms with Crippen LogP contribution in [0.4, 0.5) is 17.1 Å². The van der Waals surface area contributed by atoms with Crippen LogP contribution in [0.25, 0.3) is 10.8 Å². The number of halogens is 1. The summed E-state index contributed by atoms with van der Waals surface area (Å²) in [5.74, 6) is -0.898. The first kappa shape index (κ1) is 25.2. The zero-order valence-electron chi connectivity index (χ0n) is 19.7. The summed E-state index contributed by atoms with van der Waals surface area (Å²) in [5.41, 5.74) is 1.92. The Bertz CT molecular complexity index is 1550. The molecule has 0 aliphatic heterocycles. The molecule has 0 saturated carbocycles. The van der Waals surface area contributed by atoms with Crippen LogP contribution in [0.5, 0.6) is 0 Å². The average molecular weight is 522 g/mol. The molecule has 0 unspecified atom stereocenters. The fraction of sp³-hybridized carbons (Fsp3) is 0.111. The SMILES string of the molecule is CN(C)c1cccc2c(S(=O)(=O)Nc3ccc(C(=O)CC(=O)Nc4ccccc4Cl)cc3)cccc12. The minimum absolute atomic E-state index is 0.153. The summed E-state index contributed by atoms with van der Waals surface area (Å²) in [5, 5.41) is 4.41. The summed E-state index contributed by atoms with van der Waals surface area (Å²) < 4.78 is 29.0. The molecule has 0 heterocycles. The molecule has 0 fully saturated rings. The number of amides is 1. The molecule has 9 heteroatoms. The Kier molecular flexibility index (Phi) is 7.28. The second kappa shape index (κ2) is 10.4. The van der Waals surface area contributed by atoms with Crippen molar-refractivity contribution >= 4 is 61.1 Å². The van der Waals surface area contributed by atoms with Gasteiger partial charge in [0.25, 0.3) is 10.0 Å². The zero-order chi connectivity index (χ0) is 25.9. The molecule has 7 nitrogen and oxygen atoms in total. The number of nitrogens with zero attached hydrogens (tertiary/aromatic N) is 1. The summed E-state index contributed by atoms with van der Waals surface area (Å²) in [6.45, 7) is 0. The van der Waals surface area contributed by atoms with E-state index in [-0.39, 0.29) is 16.9 Å². The molecule has 1 amide bonds. The zero-order valence-corrected chi connectivity index (χ0v) is 21.2. The Morgan fingerprint density at radius 2 is 1.50 bits per heavy atom. The van der Waals surface area contributed by atoms with Gasteiger partial charge in [-0.25, -0.2) is 8.42 Å². The number of anilines is 3. The molecule has 0 atom stereocenters. The first-order chi connectivity index (χ1) is 17.2. The molecule has 4 aromatic carbocycles. The van der Waals surface area contributed by atoms with Crippen molar-refractivity contribution < 1.29 is 18.0 Å². The molecular weight excluding hydrogens is 498 g/mol. The minimum atomic E-state index is -3.90. The third-order valence-electron chi connectivity index (χ3n) is 5.56. The number of hydrogen-bond donors (Lipinski definition) is 2. The third-order valence-corrected chi connectivity index (χ3v) is 7.33.